The Bertz CT molecular complexity index is 771. The van der Waals surface area contributed by atoms with Gasteiger partial charge >= 0.3 is 0 Å². The molecule has 0 spiro atoms. The molecule has 0 aliphatic carbocycles. The van der Waals surface area contributed by atoms with E-state index >= 15 is 0 Å². The van der Waals surface area contributed by atoms with Crippen LogP contribution in [0.2, 0.25) is 5.02 Å². The molecule has 1 fully saturated rings. The van der Waals surface area contributed by atoms with Crippen molar-refractivity contribution in [2.24, 2.45) is 0 Å². The Morgan fingerprint density at radius 2 is 1.68 bits per heavy atom. The summed E-state index contributed by atoms with van der Waals surface area (Å²) in [6.07, 6.45) is 1.47. The molecule has 0 unspecified atom stereocenters. The number of likely N-dealkylation sites (tertiary alicyclic amines) is 1. The topological polar surface area (TPSA) is 49.4 Å². The highest BCUT2D eigenvalue weighted by Gasteiger charge is 2.25. The van der Waals surface area contributed by atoms with E-state index in [0.717, 1.165) is 12.8 Å². The van der Waals surface area contributed by atoms with Crippen molar-refractivity contribution >= 4 is 36.0 Å². The summed E-state index contributed by atoms with van der Waals surface area (Å²) in [5.74, 6) is -0.116. The number of halogens is 1. The third kappa shape index (κ3) is 4.35. The van der Waals surface area contributed by atoms with Crippen LogP contribution in [0.4, 0.5) is 0 Å². The number of carbonyl (C=O) groups is 2. The zero-order chi connectivity index (χ0) is 17.8. The van der Waals surface area contributed by atoms with E-state index in [9.17, 15) is 9.59 Å². The minimum atomic E-state index is -0.109. The maximum atomic E-state index is 12.6. The Morgan fingerprint density at radius 3 is 2.32 bits per heavy atom. The van der Waals surface area contributed by atoms with Crippen molar-refractivity contribution in [2.45, 2.75) is 23.8 Å². The highest BCUT2D eigenvalue weighted by atomic mass is 35.5. The Morgan fingerprint density at radius 1 is 1.04 bits per heavy atom. The molecule has 0 aromatic heterocycles. The lowest BCUT2D eigenvalue weighted by molar-refractivity contribution is 0.0695. The van der Waals surface area contributed by atoms with Crippen molar-refractivity contribution < 1.29 is 9.59 Å². The molecule has 4 nitrogen and oxygen atoms in total. The number of thiol groups is 1. The summed E-state index contributed by atoms with van der Waals surface area (Å²) in [6, 6.07) is 14.2. The molecule has 1 aliphatic heterocycles. The van der Waals surface area contributed by atoms with E-state index in [0.29, 0.717) is 34.1 Å². The van der Waals surface area contributed by atoms with E-state index in [1.807, 2.05) is 23.1 Å². The van der Waals surface area contributed by atoms with E-state index in [-0.39, 0.29) is 17.9 Å². The average molecular weight is 375 g/mol. The Labute approximate surface area is 157 Å². The van der Waals surface area contributed by atoms with Crippen molar-refractivity contribution in [3.63, 3.8) is 0 Å². The SMILES string of the molecule is O=C(NC1CCN(C(=O)c2ccccc2S)CC1)c1ccc(Cl)cc1. The fourth-order valence-corrected chi connectivity index (χ4v) is 3.30. The van der Waals surface area contributed by atoms with Gasteiger partial charge in [0, 0.05) is 34.6 Å². The smallest absolute Gasteiger partial charge is 0.254 e. The standard InChI is InChI=1S/C19H19ClN2O2S/c20-14-7-5-13(6-8-14)18(23)21-15-9-11-22(12-10-15)19(24)16-3-1-2-4-17(16)25/h1-8,15,25H,9-12H2,(H,21,23). The summed E-state index contributed by atoms with van der Waals surface area (Å²) in [4.78, 5) is 27.3. The number of carbonyl (C=O) groups excluding carboxylic acids is 2. The Hall–Kier alpha value is -1.98. The molecule has 0 saturated carbocycles. The van der Waals surface area contributed by atoms with Gasteiger partial charge in [0.25, 0.3) is 11.8 Å². The highest BCUT2D eigenvalue weighted by Crippen LogP contribution is 2.19. The summed E-state index contributed by atoms with van der Waals surface area (Å²) < 4.78 is 0. The zero-order valence-electron chi connectivity index (χ0n) is 13.6. The molecule has 25 heavy (non-hydrogen) atoms. The number of benzene rings is 2. The van der Waals surface area contributed by atoms with Gasteiger partial charge in [0.15, 0.2) is 0 Å². The fourth-order valence-electron chi connectivity index (χ4n) is 2.92. The normalized spacial score (nSPS) is 15.0. The van der Waals surface area contributed by atoms with Gasteiger partial charge in [0.05, 0.1) is 5.56 Å². The maximum Gasteiger partial charge on any atom is 0.254 e. The predicted octanol–water partition coefficient (Wildman–Crippen LogP) is 3.66. The monoisotopic (exact) mass is 374 g/mol. The molecule has 3 rings (SSSR count). The third-order valence-electron chi connectivity index (χ3n) is 4.36. The molecule has 130 valence electrons. The molecule has 6 heteroatoms. The van der Waals surface area contributed by atoms with Crippen LogP contribution in [-0.2, 0) is 0 Å². The summed E-state index contributed by atoms with van der Waals surface area (Å²) in [5.41, 5.74) is 1.21. The van der Waals surface area contributed by atoms with Gasteiger partial charge in [-0.1, -0.05) is 23.7 Å². The lowest BCUT2D eigenvalue weighted by Crippen LogP contribution is -2.46. The summed E-state index contributed by atoms with van der Waals surface area (Å²) in [5, 5.41) is 3.63. The second-order valence-corrected chi connectivity index (χ2v) is 6.98. The van der Waals surface area contributed by atoms with Crippen molar-refractivity contribution in [3.8, 4) is 0 Å². The molecule has 0 bridgehead atoms. The van der Waals surface area contributed by atoms with Crippen LogP contribution in [-0.4, -0.2) is 35.8 Å². The molecule has 2 aromatic carbocycles. The van der Waals surface area contributed by atoms with Gasteiger partial charge < -0.3 is 10.2 Å². The van der Waals surface area contributed by atoms with Crippen LogP contribution in [0, 0.1) is 0 Å². The van der Waals surface area contributed by atoms with Crippen LogP contribution in [0.1, 0.15) is 33.6 Å². The largest absolute Gasteiger partial charge is 0.349 e. The average Bonchev–Trinajstić information content (AvgIpc) is 2.63. The summed E-state index contributed by atoms with van der Waals surface area (Å²) in [7, 11) is 0. The summed E-state index contributed by atoms with van der Waals surface area (Å²) in [6.45, 7) is 1.24. The van der Waals surface area contributed by atoms with Gasteiger partial charge in [0.1, 0.15) is 0 Å². The maximum absolute atomic E-state index is 12.6. The minimum absolute atomic E-state index is 0.00641. The van der Waals surface area contributed by atoms with Gasteiger partial charge in [-0.3, -0.25) is 9.59 Å². The molecule has 1 saturated heterocycles. The Balaban J connectivity index is 1.55. The van der Waals surface area contributed by atoms with Crippen LogP contribution in [0.15, 0.2) is 53.4 Å². The van der Waals surface area contributed by atoms with E-state index < -0.39 is 0 Å². The number of nitrogens with one attached hydrogen (secondary N) is 1. The van der Waals surface area contributed by atoms with Crippen LogP contribution in [0.3, 0.4) is 0 Å². The molecule has 0 atom stereocenters. The zero-order valence-corrected chi connectivity index (χ0v) is 15.3. The molecule has 1 aliphatic rings. The number of piperidine rings is 1. The second-order valence-electron chi connectivity index (χ2n) is 6.06. The van der Waals surface area contributed by atoms with Gasteiger partial charge in [-0.25, -0.2) is 0 Å². The van der Waals surface area contributed by atoms with E-state index in [4.69, 9.17) is 11.6 Å². The van der Waals surface area contributed by atoms with Gasteiger partial charge in [-0.15, -0.1) is 12.6 Å². The van der Waals surface area contributed by atoms with Crippen molar-refractivity contribution in [1.29, 1.82) is 0 Å². The van der Waals surface area contributed by atoms with E-state index in [1.54, 1.807) is 30.3 Å². The Kier molecular flexibility index (Phi) is 5.66. The van der Waals surface area contributed by atoms with Gasteiger partial charge in [-0.05, 0) is 49.2 Å². The van der Waals surface area contributed by atoms with E-state index in [1.165, 1.54) is 0 Å². The van der Waals surface area contributed by atoms with Crippen molar-refractivity contribution in [2.75, 3.05) is 13.1 Å². The van der Waals surface area contributed by atoms with E-state index in [2.05, 4.69) is 17.9 Å². The molecular weight excluding hydrogens is 356 g/mol. The number of rotatable bonds is 3. The molecule has 2 aromatic rings. The lowest BCUT2D eigenvalue weighted by Gasteiger charge is -2.32. The first kappa shape index (κ1) is 17.8. The van der Waals surface area contributed by atoms with Gasteiger partial charge in [0.2, 0.25) is 0 Å². The van der Waals surface area contributed by atoms with Crippen LogP contribution < -0.4 is 5.32 Å². The molecule has 1 N–H and O–H groups in total. The van der Waals surface area contributed by atoms with Crippen LogP contribution in [0.5, 0.6) is 0 Å². The second kappa shape index (κ2) is 7.93. The highest BCUT2D eigenvalue weighted by molar-refractivity contribution is 7.80. The first-order valence-corrected chi connectivity index (χ1v) is 9.01. The quantitative estimate of drug-likeness (QED) is 0.805. The van der Waals surface area contributed by atoms with Crippen LogP contribution in [0.25, 0.3) is 0 Å². The summed E-state index contributed by atoms with van der Waals surface area (Å²) >= 11 is 10.2. The number of amides is 2. The first-order valence-electron chi connectivity index (χ1n) is 8.18. The van der Waals surface area contributed by atoms with Crippen LogP contribution >= 0.6 is 24.2 Å². The van der Waals surface area contributed by atoms with Gasteiger partial charge in [-0.2, -0.15) is 0 Å². The molecular formula is C19H19ClN2O2S. The fraction of sp³-hybridized carbons (Fsp3) is 0.263. The molecule has 0 radical (unpaired) electrons. The molecule has 1 heterocycles. The first-order chi connectivity index (χ1) is 12.0. The third-order valence-corrected chi connectivity index (χ3v) is 5.00. The number of hydrogen-bond acceptors (Lipinski definition) is 3. The number of nitrogens with zero attached hydrogens (tertiary/aromatic N) is 1. The molecule has 2 amide bonds. The lowest BCUT2D eigenvalue weighted by atomic mass is 10.0. The van der Waals surface area contributed by atoms with Crippen molar-refractivity contribution in [3.05, 3.63) is 64.7 Å². The number of hydrogen-bond donors (Lipinski definition) is 2. The predicted molar refractivity (Wildman–Crippen MR) is 102 cm³/mol. The minimum Gasteiger partial charge on any atom is -0.349 e. The van der Waals surface area contributed by atoms with Crippen molar-refractivity contribution in [1.82, 2.24) is 10.2 Å².